The Morgan fingerprint density at radius 3 is 1.72 bits per heavy atom. The molecule has 3 aromatic carbocycles. The van der Waals surface area contributed by atoms with E-state index in [4.69, 9.17) is 34.5 Å². The molecular formula is C58H73F2N13O18S. The Balaban J connectivity index is 0.990. The molecule has 7 amide bonds. The number of amides is 7. The number of primary amides is 1. The number of benzene rings is 3. The summed E-state index contributed by atoms with van der Waals surface area (Å²) in [6.07, 6.45) is -9.76. The largest absolute Gasteiger partial charge is 0.481 e. The maximum absolute atomic E-state index is 14.3. The number of anilines is 1. The van der Waals surface area contributed by atoms with Crippen LogP contribution in [0.2, 0.25) is 0 Å². The van der Waals surface area contributed by atoms with Gasteiger partial charge in [-0.1, -0.05) is 72.4 Å². The molecule has 0 saturated carbocycles. The second-order valence-corrected chi connectivity index (χ2v) is 23.2. The summed E-state index contributed by atoms with van der Waals surface area (Å²) in [4.78, 5) is 102. The van der Waals surface area contributed by atoms with Gasteiger partial charge in [-0.2, -0.15) is 0 Å². The molecule has 5 aromatic rings. The lowest BCUT2D eigenvalue weighted by Crippen LogP contribution is -2.58. The molecule has 0 unspecified atom stereocenters. The van der Waals surface area contributed by atoms with Crippen LogP contribution in [-0.2, 0) is 54.3 Å². The van der Waals surface area contributed by atoms with Crippen LogP contribution < -0.4 is 27.0 Å². The van der Waals surface area contributed by atoms with Gasteiger partial charge in [0, 0.05) is 57.5 Å². The van der Waals surface area contributed by atoms with Crippen molar-refractivity contribution in [2.45, 2.75) is 125 Å². The number of aliphatic hydroxyl groups excluding tert-OH is 4. The van der Waals surface area contributed by atoms with Crippen molar-refractivity contribution in [2.24, 2.45) is 11.7 Å². The van der Waals surface area contributed by atoms with Gasteiger partial charge in [0.15, 0.2) is 0 Å². The van der Waals surface area contributed by atoms with Crippen LogP contribution >= 0.6 is 11.8 Å². The molecule has 92 heavy (non-hydrogen) atoms. The molecule has 0 radical (unpaired) electrons. The summed E-state index contributed by atoms with van der Waals surface area (Å²) in [5.74, 6) is -5.31. The number of aromatic nitrogens is 6. The van der Waals surface area contributed by atoms with Crippen molar-refractivity contribution >= 4 is 65.3 Å². The van der Waals surface area contributed by atoms with Crippen LogP contribution in [0.4, 0.5) is 28.9 Å². The van der Waals surface area contributed by atoms with Gasteiger partial charge in [0.25, 0.3) is 0 Å². The van der Waals surface area contributed by atoms with Crippen LogP contribution in [0.25, 0.3) is 22.5 Å². The summed E-state index contributed by atoms with van der Waals surface area (Å²) < 4.78 is 59.5. The lowest BCUT2D eigenvalue weighted by atomic mass is 9.97. The molecule has 31 nitrogen and oxygen atoms in total. The number of carbonyl (C=O) groups is 8. The number of rotatable bonds is 28. The number of hydrogen-bond donors (Lipinski definition) is 10. The summed E-state index contributed by atoms with van der Waals surface area (Å²) >= 11 is 0.638. The van der Waals surface area contributed by atoms with E-state index in [0.29, 0.717) is 28.6 Å². The third-order valence-corrected chi connectivity index (χ3v) is 16.0. The molecule has 2 fully saturated rings. The summed E-state index contributed by atoms with van der Waals surface area (Å²) in [6.45, 7) is 3.10. The third kappa shape index (κ3) is 19.5. The quantitative estimate of drug-likeness (QED) is 0.0193. The number of carbonyl (C=O) groups excluding carboxylic acids is 7. The van der Waals surface area contributed by atoms with Gasteiger partial charge in [0.2, 0.25) is 17.7 Å². The molecule has 7 rings (SSSR count). The zero-order valence-corrected chi connectivity index (χ0v) is 51.3. The van der Waals surface area contributed by atoms with Crippen LogP contribution in [0.15, 0.2) is 85.2 Å². The van der Waals surface area contributed by atoms with Gasteiger partial charge >= 0.3 is 30.2 Å². The second kappa shape index (κ2) is 32.9. The van der Waals surface area contributed by atoms with E-state index >= 15 is 0 Å². The van der Waals surface area contributed by atoms with Crippen molar-refractivity contribution in [3.05, 3.63) is 102 Å². The molecule has 2 aromatic heterocycles. The fourth-order valence-corrected chi connectivity index (χ4v) is 11.0. The number of nitrogens with one attached hydrogen (secondary N) is 4. The molecule has 34 heteroatoms. The lowest BCUT2D eigenvalue weighted by Gasteiger charge is -2.46. The number of halogens is 2. The number of likely N-dealkylation sites (N-methyl/N-ethyl adjacent to an activating group) is 2. The number of aliphatic hydroxyl groups is 4. The van der Waals surface area contributed by atoms with Gasteiger partial charge in [0.1, 0.15) is 115 Å². The smallest absolute Gasteiger partial charge is 0.409 e. The molecule has 4 heterocycles. The number of thioether (sulfide) groups is 1. The SMILES string of the molecule is CC(=O)N[C@H](C(=O)N[C@@H](CCCNC(N)=O)C(=O)Nc1ccc(COC(=O)N(C)CCN(C)C(=O)OC[C@H]2O[C@@H](S[C@@H]3O[C@H](COC(=O)CCC(=O)O)[C@H](O)[C@H](n4cc(-c5cccc(F)c5)nn4)[C@H]3O)[C@H](O)[C@@H](n3cc(-c4cccc(F)c4)nn3)[C@H]2O)cc1)C(C)C. The van der Waals surface area contributed by atoms with E-state index in [-0.39, 0.29) is 62.0 Å². The van der Waals surface area contributed by atoms with E-state index < -0.39 is 157 Å². The molecular weight excluding hydrogens is 1240 g/mol. The maximum atomic E-state index is 14.3. The van der Waals surface area contributed by atoms with Crippen molar-refractivity contribution in [3.63, 3.8) is 0 Å². The van der Waals surface area contributed by atoms with Crippen molar-refractivity contribution < 1.29 is 96.4 Å². The summed E-state index contributed by atoms with van der Waals surface area (Å²) in [5, 5.41) is 83.8. The number of nitrogens with two attached hydrogens (primary N) is 1. The second-order valence-electron chi connectivity index (χ2n) is 22.0. The lowest BCUT2D eigenvalue weighted by molar-refractivity contribution is -0.194. The molecule has 12 atom stereocenters. The van der Waals surface area contributed by atoms with Crippen LogP contribution in [0.3, 0.4) is 0 Å². The fraction of sp³-hybridized carbons (Fsp3) is 0.483. The van der Waals surface area contributed by atoms with Crippen LogP contribution in [0.5, 0.6) is 0 Å². The molecule has 0 bridgehead atoms. The van der Waals surface area contributed by atoms with E-state index in [9.17, 15) is 67.6 Å². The summed E-state index contributed by atoms with van der Waals surface area (Å²) in [6, 6.07) is 11.3. The monoisotopic (exact) mass is 1310 g/mol. The zero-order valence-electron chi connectivity index (χ0n) is 50.5. The first kappa shape index (κ1) is 70.5. The van der Waals surface area contributed by atoms with Crippen molar-refractivity contribution in [1.82, 2.24) is 55.7 Å². The van der Waals surface area contributed by atoms with E-state index in [1.807, 2.05) is 0 Å². The average Bonchev–Trinajstić information content (AvgIpc) is 1.36. The number of hydrogen-bond acceptors (Lipinski definition) is 22. The Morgan fingerprint density at radius 1 is 0.707 bits per heavy atom. The van der Waals surface area contributed by atoms with Gasteiger partial charge in [0.05, 0.1) is 25.2 Å². The third-order valence-electron chi connectivity index (χ3n) is 14.7. The highest BCUT2D eigenvalue weighted by atomic mass is 32.2. The van der Waals surface area contributed by atoms with Crippen LogP contribution in [0.1, 0.15) is 64.1 Å². The number of aliphatic carboxylic acids is 1. The summed E-state index contributed by atoms with van der Waals surface area (Å²) in [5.41, 5.74) is 3.80. The van der Waals surface area contributed by atoms with Gasteiger partial charge in [-0.3, -0.25) is 24.0 Å². The van der Waals surface area contributed by atoms with Gasteiger partial charge in [-0.15, -0.1) is 10.2 Å². The molecule has 2 aliphatic heterocycles. The number of carboxylic acid groups (broad SMARTS) is 1. The Kier molecular flexibility index (Phi) is 25.2. The summed E-state index contributed by atoms with van der Waals surface area (Å²) in [7, 11) is 2.78. The number of nitrogens with zero attached hydrogens (tertiary/aromatic N) is 8. The first-order valence-corrected chi connectivity index (χ1v) is 29.9. The predicted molar refractivity (Wildman–Crippen MR) is 319 cm³/mol. The van der Waals surface area contributed by atoms with Gasteiger partial charge in [-0.25, -0.2) is 32.5 Å². The van der Waals surface area contributed by atoms with Crippen molar-refractivity contribution in [1.29, 1.82) is 0 Å². The minimum Gasteiger partial charge on any atom is -0.481 e. The zero-order chi connectivity index (χ0) is 66.9. The van der Waals surface area contributed by atoms with E-state index in [1.165, 1.54) is 74.7 Å². The van der Waals surface area contributed by atoms with Gasteiger partial charge < -0.3 is 86.0 Å². The highest BCUT2D eigenvalue weighted by molar-refractivity contribution is 8.00. The van der Waals surface area contributed by atoms with Crippen LogP contribution in [-0.4, -0.2) is 220 Å². The molecule has 0 aliphatic carbocycles. The highest BCUT2D eigenvalue weighted by Crippen LogP contribution is 2.43. The normalized spacial score (nSPS) is 21.8. The molecule has 2 aliphatic rings. The Labute approximate surface area is 529 Å². The molecule has 498 valence electrons. The number of urea groups is 1. The topological polar surface area (TPSA) is 426 Å². The van der Waals surface area contributed by atoms with E-state index in [1.54, 1.807) is 50.2 Å². The average molecular weight is 1310 g/mol. The Hall–Kier alpha value is -8.93. The first-order chi connectivity index (χ1) is 43.8. The predicted octanol–water partition coefficient (Wildman–Crippen LogP) is 1.67. The minimum absolute atomic E-state index is 0.0768. The molecule has 11 N–H and O–H groups in total. The number of esters is 1. The molecule has 2 saturated heterocycles. The molecule has 0 spiro atoms. The van der Waals surface area contributed by atoms with Crippen molar-refractivity contribution in [2.75, 3.05) is 52.3 Å². The van der Waals surface area contributed by atoms with Gasteiger partial charge in [-0.05, 0) is 60.7 Å². The van der Waals surface area contributed by atoms with Crippen molar-refractivity contribution in [3.8, 4) is 22.5 Å². The number of carboxylic acids is 1. The first-order valence-electron chi connectivity index (χ1n) is 28.9. The number of ether oxygens (including phenoxy) is 5. The van der Waals surface area contributed by atoms with Crippen LogP contribution in [0, 0.1) is 17.6 Å². The Morgan fingerprint density at radius 2 is 1.23 bits per heavy atom. The van der Waals surface area contributed by atoms with E-state index in [2.05, 4.69) is 41.9 Å². The van der Waals surface area contributed by atoms with E-state index in [0.717, 1.165) is 14.3 Å². The minimum atomic E-state index is -1.77. The standard InChI is InChI=1S/C58H73F2N13O18S/c1-30(2)45(63-31(3)74)53(83)65-38(13-8-20-62-56(61)84)52(82)64-37-16-14-32(15-17-37)27-88-57(85)70(4)21-22-71(5)58(86)89-29-42-49(79)47(73-26-40(67-69-73)34-10-7-12-36(60)24-34)51(81)55(91-42)92-54-50(80)46(48(78)41(90-54)28-87-44(77)19-18-43(75)76)72-25-39(66-68-72)33-9-6-11-35(59)23-33/h6-7,9-12,14-17,23-26,30,38,41-42,45-51,54-55,78-81H,8,13,18-22,27-29H2,1-5H3,(H,63,74)(H,64,82)(H,65,83)(H,75,76)(H3,61,62,84)/t38-,41+,42+,45-,46-,47-,48-,49-,50+,51+,54-,55-/m0/s1. The Bertz CT molecular complexity index is 3370. The highest BCUT2D eigenvalue weighted by Gasteiger charge is 2.52. The maximum Gasteiger partial charge on any atom is 0.409 e. The fourth-order valence-electron chi connectivity index (χ4n) is 9.67.